The highest BCUT2D eigenvalue weighted by molar-refractivity contribution is 6.59. The predicted octanol–water partition coefficient (Wildman–Crippen LogP) is 3.98. The van der Waals surface area contributed by atoms with Gasteiger partial charge in [0, 0.05) is 0 Å². The van der Waals surface area contributed by atoms with Crippen LogP contribution in [0, 0.1) is 11.8 Å². The van der Waals surface area contributed by atoms with Crippen molar-refractivity contribution in [3.63, 3.8) is 0 Å². The molecule has 0 fully saturated rings. The van der Waals surface area contributed by atoms with Crippen LogP contribution in [0.3, 0.4) is 0 Å². The molecule has 0 aromatic carbocycles. The molecule has 0 spiro atoms. The third-order valence-electron chi connectivity index (χ3n) is 2.11. The van der Waals surface area contributed by atoms with E-state index in [1.54, 1.807) is 0 Å². The first kappa shape index (κ1) is 12.3. The smallest absolute Gasteiger partial charge is 0.105 e. The van der Waals surface area contributed by atoms with Crippen LogP contribution < -0.4 is 0 Å². The molecule has 0 radical (unpaired) electrons. The Morgan fingerprint density at radius 3 is 1.75 bits per heavy atom. The zero-order chi connectivity index (χ0) is 9.56. The van der Waals surface area contributed by atoms with Crippen LogP contribution in [0.2, 0.25) is 15.8 Å². The van der Waals surface area contributed by atoms with Crippen molar-refractivity contribution in [2.75, 3.05) is 0 Å². The second-order valence-electron chi connectivity index (χ2n) is 4.65. The lowest BCUT2D eigenvalue weighted by Gasteiger charge is -2.14. The Balaban J connectivity index is 3.77. The predicted molar refractivity (Wildman–Crippen MR) is 60.0 cm³/mol. The molecule has 0 bridgehead atoms. The van der Waals surface area contributed by atoms with Gasteiger partial charge in [-0.2, -0.15) is 0 Å². The van der Waals surface area contributed by atoms with Gasteiger partial charge in [-0.15, -0.1) is 12.7 Å². The lowest BCUT2D eigenvalue weighted by Crippen LogP contribution is -2.16. The van der Waals surface area contributed by atoms with Crippen molar-refractivity contribution in [1.29, 1.82) is 0 Å². The summed E-state index contributed by atoms with van der Waals surface area (Å²) in [5, 5.41) is 4.31. The Hall–Kier alpha value is 0.272. The Kier molecular flexibility index (Phi) is 6.91. The van der Waals surface area contributed by atoms with Crippen LogP contribution in [-0.4, -0.2) is 14.1 Å². The normalized spacial score (nSPS) is 10.8. The van der Waals surface area contributed by atoms with Gasteiger partial charge in [-0.05, 0) is 0 Å². The van der Waals surface area contributed by atoms with E-state index in [1.165, 1.54) is 15.8 Å². The molecule has 0 heterocycles. The van der Waals surface area contributed by atoms with E-state index in [1.807, 2.05) is 0 Å². The van der Waals surface area contributed by atoms with Crippen molar-refractivity contribution < 1.29 is 0 Å². The molecule has 0 aromatic rings. The van der Waals surface area contributed by atoms with Crippen LogP contribution >= 0.6 is 0 Å². The van der Waals surface area contributed by atoms with E-state index >= 15 is 0 Å². The maximum absolute atomic E-state index is 3.85. The summed E-state index contributed by atoms with van der Waals surface area (Å²) in [5.41, 5.74) is 0. The van der Waals surface area contributed by atoms with Gasteiger partial charge in [-0.3, -0.25) is 0 Å². The maximum atomic E-state index is 3.85. The van der Waals surface area contributed by atoms with E-state index in [2.05, 4.69) is 40.3 Å². The van der Waals surface area contributed by atoms with Crippen molar-refractivity contribution in [3.05, 3.63) is 12.7 Å². The summed E-state index contributed by atoms with van der Waals surface area (Å²) in [6.07, 6.45) is 2.13. The molecule has 12 heavy (non-hydrogen) atoms. The second kappa shape index (κ2) is 6.75. The quantitative estimate of drug-likeness (QED) is 0.430. The van der Waals surface area contributed by atoms with Crippen LogP contribution in [0.1, 0.15) is 27.7 Å². The average Bonchev–Trinajstić information content (AvgIpc) is 1.84. The average molecular weight is 182 g/mol. The summed E-state index contributed by atoms with van der Waals surface area (Å²) in [6.45, 7) is 13.2. The molecule has 0 nitrogen and oxygen atoms in total. The van der Waals surface area contributed by atoms with E-state index < -0.39 is 14.1 Å². The largest absolute Gasteiger partial charge is 0.266 e. The minimum Gasteiger partial charge on any atom is -0.105 e. The first-order valence-electron chi connectivity index (χ1n) is 5.17. The van der Waals surface area contributed by atoms with Gasteiger partial charge in [-0.1, -0.05) is 55.4 Å². The molecular weight excluding hydrogens is 159 g/mol. The van der Waals surface area contributed by atoms with Gasteiger partial charge in [-0.25, -0.2) is 0 Å². The molecule has 0 aromatic heterocycles. The Morgan fingerprint density at radius 1 is 1.08 bits per heavy atom. The molecule has 0 atom stereocenters. The number of allylic oxidation sites excluding steroid dienone is 1. The van der Waals surface area contributed by atoms with Gasteiger partial charge in [0.05, 0.1) is 0 Å². The number of rotatable bonds is 6. The van der Waals surface area contributed by atoms with E-state index in [9.17, 15) is 0 Å². The molecular formula is C11H23Al. The molecule has 0 unspecified atom stereocenters. The summed E-state index contributed by atoms with van der Waals surface area (Å²) in [7, 11) is 0. The second-order valence-corrected chi connectivity index (χ2v) is 7.80. The topological polar surface area (TPSA) is 0 Å². The third kappa shape index (κ3) is 6.95. The van der Waals surface area contributed by atoms with Crippen molar-refractivity contribution in [1.82, 2.24) is 0 Å². The molecule has 0 aliphatic rings. The van der Waals surface area contributed by atoms with Gasteiger partial charge in [0.1, 0.15) is 0 Å². The van der Waals surface area contributed by atoms with Crippen LogP contribution in [0.4, 0.5) is 0 Å². The van der Waals surface area contributed by atoms with Gasteiger partial charge >= 0.3 is 0 Å². The Bertz CT molecular complexity index is 106. The zero-order valence-electron chi connectivity index (χ0n) is 9.14. The van der Waals surface area contributed by atoms with Crippen LogP contribution in [0.15, 0.2) is 12.7 Å². The molecule has 0 N–H and O–H groups in total. The molecule has 1 heteroatoms. The highest BCUT2D eigenvalue weighted by Crippen LogP contribution is 2.17. The van der Waals surface area contributed by atoms with E-state index in [4.69, 9.17) is 0 Å². The minimum atomic E-state index is -0.468. The fraction of sp³-hybridized carbons (Fsp3) is 0.818. The first-order chi connectivity index (χ1) is 5.56. The number of hydrogen-bond acceptors (Lipinski definition) is 0. The van der Waals surface area contributed by atoms with Crippen LogP contribution in [-0.2, 0) is 0 Å². The SMILES string of the molecule is C=C[CH2][Al]([CH2]C(C)C)[CH2]C(C)C. The minimum absolute atomic E-state index is 0.468. The lowest BCUT2D eigenvalue weighted by atomic mass is 10.3. The molecule has 0 saturated heterocycles. The van der Waals surface area contributed by atoms with E-state index in [0.29, 0.717) is 0 Å². The monoisotopic (exact) mass is 182 g/mol. The van der Waals surface area contributed by atoms with Crippen LogP contribution in [0.5, 0.6) is 0 Å². The van der Waals surface area contributed by atoms with Crippen molar-refractivity contribution in [2.24, 2.45) is 11.8 Å². The van der Waals surface area contributed by atoms with Crippen molar-refractivity contribution >= 4 is 14.1 Å². The zero-order valence-corrected chi connectivity index (χ0v) is 10.3. The summed E-state index contributed by atoms with van der Waals surface area (Å²) >= 11 is -0.468. The van der Waals surface area contributed by atoms with E-state index in [0.717, 1.165) is 11.8 Å². The molecule has 0 amide bonds. The van der Waals surface area contributed by atoms with Gasteiger partial charge in [0.25, 0.3) is 14.1 Å². The lowest BCUT2D eigenvalue weighted by molar-refractivity contribution is 0.689. The number of hydrogen-bond donors (Lipinski definition) is 0. The van der Waals surface area contributed by atoms with Gasteiger partial charge in [0.2, 0.25) is 0 Å². The van der Waals surface area contributed by atoms with Gasteiger partial charge < -0.3 is 0 Å². The Labute approximate surface area is 82.4 Å². The molecule has 70 valence electrons. The summed E-state index contributed by atoms with van der Waals surface area (Å²) < 4.78 is 0. The van der Waals surface area contributed by atoms with Crippen LogP contribution in [0.25, 0.3) is 0 Å². The third-order valence-corrected chi connectivity index (χ3v) is 6.33. The summed E-state index contributed by atoms with van der Waals surface area (Å²) in [4.78, 5) is 0. The highest BCUT2D eigenvalue weighted by Gasteiger charge is 2.17. The van der Waals surface area contributed by atoms with Gasteiger partial charge in [0.15, 0.2) is 0 Å². The molecule has 0 rings (SSSR count). The fourth-order valence-electron chi connectivity index (χ4n) is 1.86. The molecule has 0 aliphatic heterocycles. The van der Waals surface area contributed by atoms with Crippen molar-refractivity contribution in [3.8, 4) is 0 Å². The Morgan fingerprint density at radius 2 is 1.50 bits per heavy atom. The van der Waals surface area contributed by atoms with E-state index in [-0.39, 0.29) is 0 Å². The standard InChI is InChI=1S/2C4H9.C3H5.Al/c2*1-4(2)3;1-3-2;/h2*4H,1H2,2-3H3;3H,1-2H2;. The van der Waals surface area contributed by atoms with Crippen molar-refractivity contribution in [2.45, 2.75) is 43.5 Å². The fourth-order valence-corrected chi connectivity index (χ4v) is 5.57. The summed E-state index contributed by atoms with van der Waals surface area (Å²) in [6, 6.07) is 0. The first-order valence-corrected chi connectivity index (χ1v) is 7.62. The molecule has 0 saturated carbocycles. The summed E-state index contributed by atoms with van der Waals surface area (Å²) in [5.74, 6) is 1.78. The highest BCUT2D eigenvalue weighted by atomic mass is 27.2. The maximum Gasteiger partial charge on any atom is 0.266 e. The molecule has 0 aliphatic carbocycles.